The topological polar surface area (TPSA) is 69.9 Å². The number of benzene rings is 1. The molecule has 0 aliphatic heterocycles. The molecule has 1 unspecified atom stereocenters. The van der Waals surface area contributed by atoms with Crippen molar-refractivity contribution in [2.24, 2.45) is 4.40 Å². The van der Waals surface area contributed by atoms with E-state index in [1.54, 1.807) is 6.20 Å². The fourth-order valence-corrected chi connectivity index (χ4v) is 4.15. The third kappa shape index (κ3) is 8.05. The monoisotopic (exact) mass is 490 g/mol. The molecule has 1 atom stereocenters. The molecule has 1 heterocycles. The molecule has 33 heavy (non-hydrogen) atoms. The fourth-order valence-electron chi connectivity index (χ4n) is 2.59. The van der Waals surface area contributed by atoms with Gasteiger partial charge in [0.15, 0.2) is 14.1 Å². The Morgan fingerprint density at radius 1 is 1.09 bits per heavy atom. The summed E-state index contributed by atoms with van der Waals surface area (Å²) in [5.74, 6) is 0.264. The van der Waals surface area contributed by atoms with Gasteiger partial charge in [0.2, 0.25) is 5.43 Å². The highest BCUT2D eigenvalue weighted by Crippen LogP contribution is 2.36. The molecule has 0 bridgehead atoms. The molecule has 0 N–H and O–H groups in total. The van der Waals surface area contributed by atoms with Crippen LogP contribution in [0.2, 0.25) is 18.1 Å². The Kier molecular flexibility index (Phi) is 9.01. The van der Waals surface area contributed by atoms with E-state index in [1.165, 1.54) is 12.3 Å². The SMILES string of the molecule is CC(C)(C)S(=O)N=Cc1cc(=O)c(OCc2ccccc2)cn1CCO[Si](C)(C)C(C)(C)C. The molecular formula is C25H38N2O4SSi. The van der Waals surface area contributed by atoms with Crippen LogP contribution in [-0.2, 0) is 28.6 Å². The Morgan fingerprint density at radius 3 is 2.30 bits per heavy atom. The second kappa shape index (κ2) is 10.9. The summed E-state index contributed by atoms with van der Waals surface area (Å²) in [6, 6.07) is 11.2. The zero-order chi connectivity index (χ0) is 24.9. The van der Waals surface area contributed by atoms with Crippen LogP contribution >= 0.6 is 0 Å². The molecule has 0 aliphatic rings. The third-order valence-corrected chi connectivity index (χ3v) is 11.7. The van der Waals surface area contributed by atoms with E-state index in [1.807, 2.05) is 55.7 Å². The average Bonchev–Trinajstić information content (AvgIpc) is 2.71. The Labute approximate surface area is 201 Å². The molecular weight excluding hydrogens is 452 g/mol. The summed E-state index contributed by atoms with van der Waals surface area (Å²) in [5, 5.41) is 0.106. The number of hydrogen-bond donors (Lipinski definition) is 0. The lowest BCUT2D eigenvalue weighted by molar-refractivity contribution is 0.267. The number of aromatic nitrogens is 1. The van der Waals surface area contributed by atoms with Crippen LogP contribution < -0.4 is 10.2 Å². The summed E-state index contributed by atoms with van der Waals surface area (Å²) in [5.41, 5.74) is 1.31. The minimum atomic E-state index is -1.91. The average molecular weight is 491 g/mol. The van der Waals surface area contributed by atoms with Crippen LogP contribution in [0.4, 0.5) is 0 Å². The molecule has 6 nitrogen and oxygen atoms in total. The Hall–Kier alpha value is -2.03. The first-order valence-electron chi connectivity index (χ1n) is 11.2. The van der Waals surface area contributed by atoms with Crippen LogP contribution in [-0.4, -0.2) is 34.7 Å². The highest BCUT2D eigenvalue weighted by atomic mass is 32.2. The van der Waals surface area contributed by atoms with Crippen LogP contribution in [0.1, 0.15) is 52.8 Å². The normalized spacial score (nSPS) is 13.9. The second-order valence-electron chi connectivity index (χ2n) is 10.6. The molecule has 0 amide bonds. The fraction of sp³-hybridized carbons (Fsp3) is 0.520. The maximum absolute atomic E-state index is 12.7. The lowest BCUT2D eigenvalue weighted by Crippen LogP contribution is -2.41. The van der Waals surface area contributed by atoms with E-state index in [0.717, 1.165) is 5.56 Å². The lowest BCUT2D eigenvalue weighted by atomic mass is 10.2. The minimum Gasteiger partial charge on any atom is -0.483 e. The first-order chi connectivity index (χ1) is 15.2. The molecule has 0 saturated heterocycles. The maximum atomic E-state index is 12.7. The van der Waals surface area contributed by atoms with Crippen LogP contribution in [0.5, 0.6) is 5.75 Å². The summed E-state index contributed by atoms with van der Waals surface area (Å²) in [4.78, 5) is 12.7. The zero-order valence-corrected chi connectivity index (χ0v) is 23.0. The minimum absolute atomic E-state index is 0.106. The summed E-state index contributed by atoms with van der Waals surface area (Å²) in [6.07, 6.45) is 3.21. The van der Waals surface area contributed by atoms with Gasteiger partial charge in [-0.15, -0.1) is 0 Å². The number of ether oxygens (including phenoxy) is 1. The van der Waals surface area contributed by atoms with E-state index in [9.17, 15) is 9.00 Å². The van der Waals surface area contributed by atoms with Gasteiger partial charge in [-0.05, 0) is 44.5 Å². The van der Waals surface area contributed by atoms with Gasteiger partial charge in [0.05, 0.1) is 29.5 Å². The van der Waals surface area contributed by atoms with Gasteiger partial charge in [-0.1, -0.05) is 51.1 Å². The van der Waals surface area contributed by atoms with Crippen LogP contribution in [0, 0.1) is 0 Å². The Bertz CT molecular complexity index is 1040. The molecule has 0 saturated carbocycles. The van der Waals surface area contributed by atoms with E-state index in [0.29, 0.717) is 25.5 Å². The predicted molar refractivity (Wildman–Crippen MR) is 140 cm³/mol. The molecule has 0 aliphatic carbocycles. The van der Waals surface area contributed by atoms with Crippen molar-refractivity contribution in [3.63, 3.8) is 0 Å². The quantitative estimate of drug-likeness (QED) is 0.352. The Balaban J connectivity index is 2.29. The number of nitrogens with zero attached hydrogens (tertiary/aromatic N) is 2. The van der Waals surface area contributed by atoms with Crippen molar-refractivity contribution in [3.05, 3.63) is 64.1 Å². The smallest absolute Gasteiger partial charge is 0.224 e. The van der Waals surface area contributed by atoms with E-state index in [4.69, 9.17) is 9.16 Å². The Morgan fingerprint density at radius 2 is 1.73 bits per heavy atom. The zero-order valence-electron chi connectivity index (χ0n) is 21.2. The summed E-state index contributed by atoms with van der Waals surface area (Å²) in [6.45, 7) is 17.9. The largest absolute Gasteiger partial charge is 0.483 e. The van der Waals surface area contributed by atoms with Crippen molar-refractivity contribution in [2.75, 3.05) is 6.61 Å². The molecule has 8 heteroatoms. The van der Waals surface area contributed by atoms with Crippen LogP contribution in [0.25, 0.3) is 0 Å². The van der Waals surface area contributed by atoms with Gasteiger partial charge in [0.1, 0.15) is 17.6 Å². The highest BCUT2D eigenvalue weighted by Gasteiger charge is 2.36. The highest BCUT2D eigenvalue weighted by molar-refractivity contribution is 7.85. The van der Waals surface area contributed by atoms with Crippen molar-refractivity contribution in [3.8, 4) is 5.75 Å². The summed E-state index contributed by atoms with van der Waals surface area (Å²) < 4.78 is 30.2. The number of rotatable bonds is 9. The van der Waals surface area contributed by atoms with Crippen LogP contribution in [0.15, 0.2) is 51.8 Å². The standard InChI is InChI=1S/C25H38N2O4SSi/c1-24(2,3)32(29)26-17-21-16-22(28)23(30-19-20-12-10-9-11-13-20)18-27(21)14-15-31-33(7,8)25(4,5)6/h9-13,16-18H,14-15,19H2,1-8H3. The molecule has 1 aromatic heterocycles. The maximum Gasteiger partial charge on any atom is 0.224 e. The number of hydrogen-bond acceptors (Lipinski definition) is 4. The van der Waals surface area contributed by atoms with Gasteiger partial charge >= 0.3 is 0 Å². The number of pyridine rings is 1. The van der Waals surface area contributed by atoms with E-state index in [2.05, 4.69) is 38.3 Å². The predicted octanol–water partition coefficient (Wildman–Crippen LogP) is 5.33. The second-order valence-corrected chi connectivity index (χ2v) is 17.3. The molecule has 2 rings (SSSR count). The van der Waals surface area contributed by atoms with Crippen molar-refractivity contribution < 1.29 is 13.4 Å². The van der Waals surface area contributed by atoms with Crippen molar-refractivity contribution in [2.45, 2.75) is 77.6 Å². The lowest BCUT2D eigenvalue weighted by Gasteiger charge is -2.36. The van der Waals surface area contributed by atoms with Gasteiger partial charge in [0.25, 0.3) is 0 Å². The molecule has 0 fully saturated rings. The van der Waals surface area contributed by atoms with Gasteiger partial charge in [0, 0.05) is 12.6 Å². The van der Waals surface area contributed by atoms with Gasteiger partial charge < -0.3 is 13.7 Å². The van der Waals surface area contributed by atoms with Crippen molar-refractivity contribution in [1.29, 1.82) is 0 Å². The molecule has 1 aromatic carbocycles. The third-order valence-electron chi connectivity index (χ3n) is 5.77. The summed E-state index contributed by atoms with van der Waals surface area (Å²) in [7, 11) is -3.33. The first kappa shape index (κ1) is 27.2. The van der Waals surface area contributed by atoms with Gasteiger partial charge in [-0.25, -0.2) is 4.21 Å². The molecule has 0 spiro atoms. The van der Waals surface area contributed by atoms with E-state index >= 15 is 0 Å². The first-order valence-corrected chi connectivity index (χ1v) is 15.2. The van der Waals surface area contributed by atoms with E-state index in [-0.39, 0.29) is 16.2 Å². The summed E-state index contributed by atoms with van der Waals surface area (Å²) >= 11 is 0. The van der Waals surface area contributed by atoms with Gasteiger partial charge in [-0.3, -0.25) is 4.79 Å². The molecule has 0 radical (unpaired) electrons. The van der Waals surface area contributed by atoms with Crippen LogP contribution in [0.3, 0.4) is 0 Å². The van der Waals surface area contributed by atoms with Gasteiger partial charge in [-0.2, -0.15) is 4.40 Å². The molecule has 2 aromatic rings. The van der Waals surface area contributed by atoms with Crippen molar-refractivity contribution in [1.82, 2.24) is 4.57 Å². The van der Waals surface area contributed by atoms with E-state index < -0.39 is 24.1 Å². The molecule has 182 valence electrons. The van der Waals surface area contributed by atoms with Crippen molar-refractivity contribution >= 4 is 25.5 Å².